The summed E-state index contributed by atoms with van der Waals surface area (Å²) < 4.78 is 5.73. The second-order valence-electron chi connectivity index (χ2n) is 6.97. The maximum atomic E-state index is 12.9. The average Bonchev–Trinajstić information content (AvgIpc) is 3.27. The SMILES string of the molecule is Cc1ccc(-c2ccc(C(=O)Nc3ccc(Cl)cc3C(=O)c3ccccc3)o2)cc1Cl. The zero-order valence-corrected chi connectivity index (χ0v) is 18.0. The van der Waals surface area contributed by atoms with Gasteiger partial charge >= 0.3 is 0 Å². The first-order chi connectivity index (χ1) is 14.9. The summed E-state index contributed by atoms with van der Waals surface area (Å²) in [5.41, 5.74) is 2.86. The van der Waals surface area contributed by atoms with Crippen LogP contribution >= 0.6 is 23.2 Å². The summed E-state index contributed by atoms with van der Waals surface area (Å²) in [6, 6.07) is 22.4. The second-order valence-corrected chi connectivity index (χ2v) is 7.81. The van der Waals surface area contributed by atoms with Gasteiger partial charge in [-0.05, 0) is 48.9 Å². The zero-order valence-electron chi connectivity index (χ0n) is 16.5. The maximum absolute atomic E-state index is 12.9. The fourth-order valence-corrected chi connectivity index (χ4v) is 3.46. The van der Waals surface area contributed by atoms with Gasteiger partial charge in [0.05, 0.1) is 5.69 Å². The fraction of sp³-hybridized carbons (Fsp3) is 0.0400. The molecule has 0 unspecified atom stereocenters. The molecule has 0 aliphatic heterocycles. The van der Waals surface area contributed by atoms with E-state index in [0.29, 0.717) is 32.6 Å². The Labute approximate surface area is 189 Å². The highest BCUT2D eigenvalue weighted by Crippen LogP contribution is 2.28. The van der Waals surface area contributed by atoms with E-state index in [4.69, 9.17) is 27.6 Å². The van der Waals surface area contributed by atoms with Crippen LogP contribution in [0.2, 0.25) is 10.0 Å². The van der Waals surface area contributed by atoms with Gasteiger partial charge in [-0.2, -0.15) is 0 Å². The van der Waals surface area contributed by atoms with E-state index in [1.807, 2.05) is 25.1 Å². The maximum Gasteiger partial charge on any atom is 0.291 e. The minimum absolute atomic E-state index is 0.111. The molecule has 0 saturated heterocycles. The molecular weight excluding hydrogens is 433 g/mol. The molecule has 31 heavy (non-hydrogen) atoms. The minimum Gasteiger partial charge on any atom is -0.451 e. The molecule has 6 heteroatoms. The molecule has 4 rings (SSSR count). The third kappa shape index (κ3) is 4.55. The predicted molar refractivity (Wildman–Crippen MR) is 123 cm³/mol. The van der Waals surface area contributed by atoms with Crippen LogP contribution < -0.4 is 5.32 Å². The van der Waals surface area contributed by atoms with Crippen LogP contribution in [0.4, 0.5) is 5.69 Å². The van der Waals surface area contributed by atoms with Gasteiger partial charge in [0.25, 0.3) is 5.91 Å². The number of nitrogens with one attached hydrogen (secondary N) is 1. The van der Waals surface area contributed by atoms with Gasteiger partial charge in [0.2, 0.25) is 0 Å². The molecule has 0 aliphatic rings. The van der Waals surface area contributed by atoms with E-state index in [1.165, 1.54) is 6.07 Å². The lowest BCUT2D eigenvalue weighted by molar-refractivity contribution is 0.0997. The van der Waals surface area contributed by atoms with E-state index in [-0.39, 0.29) is 11.5 Å². The Bertz CT molecular complexity index is 1280. The van der Waals surface area contributed by atoms with E-state index in [1.54, 1.807) is 54.6 Å². The number of aryl methyl sites for hydroxylation is 1. The Hall–Kier alpha value is -3.34. The molecule has 0 bridgehead atoms. The van der Waals surface area contributed by atoms with Crippen molar-refractivity contribution in [3.05, 3.63) is 111 Å². The predicted octanol–water partition coefficient (Wildman–Crippen LogP) is 7.05. The average molecular weight is 450 g/mol. The lowest BCUT2D eigenvalue weighted by Gasteiger charge is -2.10. The quantitative estimate of drug-likeness (QED) is 0.332. The molecule has 1 N–H and O–H groups in total. The molecule has 1 amide bonds. The number of carbonyl (C=O) groups is 2. The molecule has 0 aliphatic carbocycles. The largest absolute Gasteiger partial charge is 0.451 e. The number of furan rings is 1. The van der Waals surface area contributed by atoms with Gasteiger partial charge in [-0.15, -0.1) is 0 Å². The van der Waals surface area contributed by atoms with Crippen molar-refractivity contribution in [1.29, 1.82) is 0 Å². The van der Waals surface area contributed by atoms with Gasteiger partial charge in [-0.25, -0.2) is 0 Å². The fourth-order valence-electron chi connectivity index (χ4n) is 3.10. The van der Waals surface area contributed by atoms with Crippen molar-refractivity contribution in [3.8, 4) is 11.3 Å². The first-order valence-corrected chi connectivity index (χ1v) is 10.2. The molecule has 1 heterocycles. The van der Waals surface area contributed by atoms with Crippen molar-refractivity contribution in [2.45, 2.75) is 6.92 Å². The third-order valence-electron chi connectivity index (χ3n) is 4.80. The Morgan fingerprint density at radius 3 is 2.39 bits per heavy atom. The van der Waals surface area contributed by atoms with Crippen molar-refractivity contribution in [3.63, 3.8) is 0 Å². The van der Waals surface area contributed by atoms with Crippen molar-refractivity contribution < 1.29 is 14.0 Å². The van der Waals surface area contributed by atoms with E-state index >= 15 is 0 Å². The van der Waals surface area contributed by atoms with Crippen LogP contribution in [0.15, 0.2) is 83.3 Å². The van der Waals surface area contributed by atoms with Gasteiger partial charge in [0.15, 0.2) is 11.5 Å². The number of hydrogen-bond acceptors (Lipinski definition) is 3. The number of anilines is 1. The molecule has 0 fully saturated rings. The summed E-state index contributed by atoms with van der Waals surface area (Å²) >= 11 is 12.3. The summed E-state index contributed by atoms with van der Waals surface area (Å²) in [4.78, 5) is 25.7. The van der Waals surface area contributed by atoms with Crippen LogP contribution in [0.1, 0.15) is 32.0 Å². The molecular formula is C25H17Cl2NO3. The van der Waals surface area contributed by atoms with Gasteiger partial charge in [0, 0.05) is 26.7 Å². The molecule has 0 spiro atoms. The Morgan fingerprint density at radius 2 is 1.65 bits per heavy atom. The monoisotopic (exact) mass is 449 g/mol. The highest BCUT2D eigenvalue weighted by atomic mass is 35.5. The van der Waals surface area contributed by atoms with Crippen LogP contribution in [0, 0.1) is 6.92 Å². The van der Waals surface area contributed by atoms with E-state index in [9.17, 15) is 9.59 Å². The number of benzene rings is 3. The molecule has 0 saturated carbocycles. The topological polar surface area (TPSA) is 59.3 Å². The zero-order chi connectivity index (χ0) is 22.0. The first-order valence-electron chi connectivity index (χ1n) is 9.49. The summed E-state index contributed by atoms with van der Waals surface area (Å²) in [5.74, 6) is -0.0924. The number of carbonyl (C=O) groups excluding carboxylic acids is 2. The summed E-state index contributed by atoms with van der Waals surface area (Å²) in [6.07, 6.45) is 0. The number of amides is 1. The summed E-state index contributed by atoms with van der Waals surface area (Å²) in [6.45, 7) is 1.91. The second kappa shape index (κ2) is 8.80. The lowest BCUT2D eigenvalue weighted by Crippen LogP contribution is -2.14. The van der Waals surface area contributed by atoms with Crippen molar-refractivity contribution >= 4 is 40.6 Å². The molecule has 3 aromatic carbocycles. The molecule has 0 atom stereocenters. The molecule has 1 aromatic heterocycles. The number of hydrogen-bond donors (Lipinski definition) is 1. The van der Waals surface area contributed by atoms with Crippen molar-refractivity contribution in [2.24, 2.45) is 0 Å². The number of rotatable bonds is 5. The van der Waals surface area contributed by atoms with Crippen LogP contribution in [0.25, 0.3) is 11.3 Å². The highest BCUT2D eigenvalue weighted by Gasteiger charge is 2.19. The van der Waals surface area contributed by atoms with Crippen LogP contribution in [-0.4, -0.2) is 11.7 Å². The molecule has 154 valence electrons. The number of halogens is 2. The first kappa shape index (κ1) is 20.9. The van der Waals surface area contributed by atoms with Crippen LogP contribution in [-0.2, 0) is 0 Å². The highest BCUT2D eigenvalue weighted by molar-refractivity contribution is 6.32. The van der Waals surface area contributed by atoms with Crippen LogP contribution in [0.3, 0.4) is 0 Å². The van der Waals surface area contributed by atoms with E-state index in [2.05, 4.69) is 5.32 Å². The minimum atomic E-state index is -0.478. The van der Waals surface area contributed by atoms with Crippen molar-refractivity contribution in [1.82, 2.24) is 0 Å². The molecule has 0 radical (unpaired) electrons. The van der Waals surface area contributed by atoms with Gasteiger partial charge < -0.3 is 9.73 Å². The normalized spacial score (nSPS) is 10.7. The lowest BCUT2D eigenvalue weighted by atomic mass is 10.0. The Kier molecular flexibility index (Phi) is 5.94. The molecule has 4 aromatic rings. The molecule has 4 nitrogen and oxygen atoms in total. The Morgan fingerprint density at radius 1 is 0.871 bits per heavy atom. The third-order valence-corrected chi connectivity index (χ3v) is 5.44. The van der Waals surface area contributed by atoms with Crippen molar-refractivity contribution in [2.75, 3.05) is 5.32 Å². The van der Waals surface area contributed by atoms with Gasteiger partial charge in [-0.1, -0.05) is 65.7 Å². The smallest absolute Gasteiger partial charge is 0.291 e. The number of ketones is 1. The standard InChI is InChI=1S/C25H17Cl2NO3/c1-15-7-8-17(13-20(15)27)22-11-12-23(31-22)25(30)28-21-10-9-18(26)14-19(21)24(29)16-5-3-2-4-6-16/h2-14H,1H3,(H,28,30). The Balaban J connectivity index is 1.60. The van der Waals surface area contributed by atoms with E-state index in [0.717, 1.165) is 11.1 Å². The van der Waals surface area contributed by atoms with Crippen LogP contribution in [0.5, 0.6) is 0 Å². The van der Waals surface area contributed by atoms with Gasteiger partial charge in [-0.3, -0.25) is 9.59 Å². The van der Waals surface area contributed by atoms with E-state index < -0.39 is 5.91 Å². The van der Waals surface area contributed by atoms with Gasteiger partial charge in [0.1, 0.15) is 5.76 Å². The summed E-state index contributed by atoms with van der Waals surface area (Å²) in [7, 11) is 0. The summed E-state index contributed by atoms with van der Waals surface area (Å²) in [5, 5.41) is 3.76.